The van der Waals surface area contributed by atoms with Gasteiger partial charge in [-0.1, -0.05) is 61.4 Å². The summed E-state index contributed by atoms with van der Waals surface area (Å²) < 4.78 is 5.57. The quantitative estimate of drug-likeness (QED) is 0.449. The van der Waals surface area contributed by atoms with E-state index in [0.29, 0.717) is 17.2 Å². The number of carbonyl (C=O) groups is 1. The van der Waals surface area contributed by atoms with Crippen molar-refractivity contribution < 1.29 is 9.53 Å². The maximum absolute atomic E-state index is 12.9. The molecule has 0 N–H and O–H groups in total. The monoisotopic (exact) mass is 381 g/mol. The average molecular weight is 382 g/mol. The van der Waals surface area contributed by atoms with Crippen molar-refractivity contribution in [3.05, 3.63) is 88.7 Å². The number of ether oxygens (including phenoxy) is 1. The van der Waals surface area contributed by atoms with Gasteiger partial charge in [-0.3, -0.25) is 0 Å². The van der Waals surface area contributed by atoms with E-state index in [1.165, 1.54) is 0 Å². The zero-order valence-corrected chi connectivity index (χ0v) is 16.4. The summed E-state index contributed by atoms with van der Waals surface area (Å²) in [7, 11) is 0. The molecule has 1 atom stereocenters. The van der Waals surface area contributed by atoms with Gasteiger partial charge in [0.05, 0.1) is 12.2 Å². The minimum atomic E-state index is -0.252. The van der Waals surface area contributed by atoms with Crippen LogP contribution in [0.4, 0.5) is 5.69 Å². The van der Waals surface area contributed by atoms with Crippen molar-refractivity contribution in [2.75, 3.05) is 11.5 Å². The molecule has 1 heterocycles. The standard InChI is InChI=1S/C23H24ClNO2/c1-3-4-16-27-23(26)22-17(2)25(20-12-10-19(24)11-13-20)15-14-21(22)18-8-6-5-7-9-18/h5-15,21H,3-4,16H2,1-2H3. The highest BCUT2D eigenvalue weighted by Gasteiger charge is 2.29. The van der Waals surface area contributed by atoms with Crippen molar-refractivity contribution in [1.29, 1.82) is 0 Å². The van der Waals surface area contributed by atoms with Gasteiger partial charge in [-0.15, -0.1) is 0 Å². The SMILES string of the molecule is CCCCOC(=O)C1=C(C)N(c2ccc(Cl)cc2)C=CC1c1ccccc1. The molecule has 0 aromatic heterocycles. The third kappa shape index (κ3) is 4.42. The van der Waals surface area contributed by atoms with Crippen LogP contribution in [0.25, 0.3) is 0 Å². The van der Waals surface area contributed by atoms with Crippen LogP contribution in [0, 0.1) is 0 Å². The number of halogens is 1. The molecule has 0 spiro atoms. The maximum atomic E-state index is 12.9. The molecule has 2 aromatic rings. The molecular formula is C23H24ClNO2. The van der Waals surface area contributed by atoms with Crippen LogP contribution in [0.15, 0.2) is 78.1 Å². The molecule has 0 bridgehead atoms. The summed E-state index contributed by atoms with van der Waals surface area (Å²) in [5.74, 6) is -0.373. The summed E-state index contributed by atoms with van der Waals surface area (Å²) in [6.07, 6.45) is 5.92. The topological polar surface area (TPSA) is 29.5 Å². The number of anilines is 1. The molecule has 140 valence electrons. The molecule has 3 nitrogen and oxygen atoms in total. The average Bonchev–Trinajstić information content (AvgIpc) is 2.69. The largest absolute Gasteiger partial charge is 0.462 e. The second-order valence-corrected chi connectivity index (χ2v) is 7.00. The van der Waals surface area contributed by atoms with Gasteiger partial charge in [-0.2, -0.15) is 0 Å². The normalized spacial score (nSPS) is 16.6. The number of unbranched alkanes of at least 4 members (excludes halogenated alkanes) is 1. The molecule has 4 heteroatoms. The van der Waals surface area contributed by atoms with E-state index in [2.05, 4.69) is 6.92 Å². The van der Waals surface area contributed by atoms with Crippen LogP contribution < -0.4 is 4.90 Å². The van der Waals surface area contributed by atoms with Crippen molar-refractivity contribution in [3.8, 4) is 0 Å². The van der Waals surface area contributed by atoms with E-state index >= 15 is 0 Å². The number of nitrogens with zero attached hydrogens (tertiary/aromatic N) is 1. The molecule has 0 amide bonds. The Labute approximate surface area is 165 Å². The fourth-order valence-corrected chi connectivity index (χ4v) is 3.34. The van der Waals surface area contributed by atoms with Gasteiger partial charge in [0.15, 0.2) is 0 Å². The molecule has 0 radical (unpaired) electrons. The predicted molar refractivity (Wildman–Crippen MR) is 111 cm³/mol. The van der Waals surface area contributed by atoms with E-state index in [1.54, 1.807) is 0 Å². The molecule has 1 aliphatic heterocycles. The van der Waals surface area contributed by atoms with Crippen LogP contribution in [0.5, 0.6) is 0 Å². The molecule has 2 aromatic carbocycles. The summed E-state index contributed by atoms with van der Waals surface area (Å²) >= 11 is 6.02. The van der Waals surface area contributed by atoms with E-state index in [0.717, 1.165) is 29.8 Å². The fourth-order valence-electron chi connectivity index (χ4n) is 3.22. The Bertz CT molecular complexity index is 840. The van der Waals surface area contributed by atoms with Crippen molar-refractivity contribution in [2.45, 2.75) is 32.6 Å². The zero-order valence-electron chi connectivity index (χ0n) is 15.7. The Morgan fingerprint density at radius 3 is 2.48 bits per heavy atom. The van der Waals surface area contributed by atoms with Gasteiger partial charge in [-0.05, 0) is 43.2 Å². The number of esters is 1. The lowest BCUT2D eigenvalue weighted by molar-refractivity contribution is -0.139. The smallest absolute Gasteiger partial charge is 0.336 e. The molecule has 0 saturated carbocycles. The number of benzene rings is 2. The highest BCUT2D eigenvalue weighted by Crippen LogP contribution is 2.36. The zero-order chi connectivity index (χ0) is 19.2. The van der Waals surface area contributed by atoms with E-state index < -0.39 is 0 Å². The molecule has 3 rings (SSSR count). The predicted octanol–water partition coefficient (Wildman–Crippen LogP) is 6.07. The third-order valence-electron chi connectivity index (χ3n) is 4.70. The Kier molecular flexibility index (Phi) is 6.36. The minimum Gasteiger partial charge on any atom is -0.462 e. The summed E-state index contributed by atoms with van der Waals surface area (Å²) in [6.45, 7) is 4.49. The molecule has 1 unspecified atom stereocenters. The van der Waals surface area contributed by atoms with E-state index in [4.69, 9.17) is 16.3 Å². The molecule has 0 saturated heterocycles. The van der Waals surface area contributed by atoms with Crippen molar-refractivity contribution in [1.82, 2.24) is 0 Å². The van der Waals surface area contributed by atoms with Crippen LogP contribution >= 0.6 is 11.6 Å². The molecular weight excluding hydrogens is 358 g/mol. The van der Waals surface area contributed by atoms with Gasteiger partial charge in [0.1, 0.15) is 0 Å². The van der Waals surface area contributed by atoms with E-state index in [1.807, 2.05) is 78.7 Å². The Morgan fingerprint density at radius 2 is 1.81 bits per heavy atom. The molecule has 1 aliphatic rings. The number of carbonyl (C=O) groups excluding carboxylic acids is 1. The minimum absolute atomic E-state index is 0.121. The Morgan fingerprint density at radius 1 is 1.11 bits per heavy atom. The lowest BCUT2D eigenvalue weighted by atomic mass is 9.87. The van der Waals surface area contributed by atoms with Crippen LogP contribution in [0.2, 0.25) is 5.02 Å². The van der Waals surface area contributed by atoms with Gasteiger partial charge < -0.3 is 9.64 Å². The lowest BCUT2D eigenvalue weighted by Crippen LogP contribution is -2.26. The van der Waals surface area contributed by atoms with Crippen molar-refractivity contribution in [3.63, 3.8) is 0 Å². The van der Waals surface area contributed by atoms with Crippen LogP contribution in [-0.4, -0.2) is 12.6 Å². The van der Waals surface area contributed by atoms with Crippen LogP contribution in [0.3, 0.4) is 0 Å². The summed E-state index contributed by atoms with van der Waals surface area (Å²) in [6, 6.07) is 17.6. The van der Waals surface area contributed by atoms with E-state index in [-0.39, 0.29) is 11.9 Å². The van der Waals surface area contributed by atoms with Gasteiger partial charge in [0.2, 0.25) is 0 Å². The molecule has 27 heavy (non-hydrogen) atoms. The summed E-state index contributed by atoms with van der Waals surface area (Å²) in [4.78, 5) is 14.9. The number of hydrogen-bond acceptors (Lipinski definition) is 3. The van der Waals surface area contributed by atoms with Crippen LogP contribution in [0.1, 0.15) is 38.2 Å². The number of hydrogen-bond donors (Lipinski definition) is 0. The first kappa shape index (κ1) is 19.2. The molecule has 0 aliphatic carbocycles. The third-order valence-corrected chi connectivity index (χ3v) is 4.96. The Balaban J connectivity index is 1.98. The van der Waals surface area contributed by atoms with Gasteiger partial charge in [0.25, 0.3) is 0 Å². The second kappa shape index (κ2) is 8.92. The highest BCUT2D eigenvalue weighted by molar-refractivity contribution is 6.30. The van der Waals surface area contributed by atoms with Crippen molar-refractivity contribution in [2.24, 2.45) is 0 Å². The maximum Gasteiger partial charge on any atom is 0.336 e. The Hall–Kier alpha value is -2.52. The van der Waals surface area contributed by atoms with Crippen LogP contribution in [-0.2, 0) is 9.53 Å². The van der Waals surface area contributed by atoms with Gasteiger partial charge >= 0.3 is 5.97 Å². The first-order valence-electron chi connectivity index (χ1n) is 9.27. The first-order valence-corrected chi connectivity index (χ1v) is 9.65. The van der Waals surface area contributed by atoms with Crippen molar-refractivity contribution >= 4 is 23.3 Å². The second-order valence-electron chi connectivity index (χ2n) is 6.56. The van der Waals surface area contributed by atoms with E-state index in [9.17, 15) is 4.79 Å². The van der Waals surface area contributed by atoms with Gasteiger partial charge in [0, 0.05) is 28.5 Å². The van der Waals surface area contributed by atoms with Gasteiger partial charge in [-0.25, -0.2) is 4.79 Å². The highest BCUT2D eigenvalue weighted by atomic mass is 35.5. The fraction of sp³-hybridized carbons (Fsp3) is 0.261. The number of allylic oxidation sites excluding steroid dienone is 2. The molecule has 0 fully saturated rings. The summed E-state index contributed by atoms with van der Waals surface area (Å²) in [5.41, 5.74) is 3.58. The first-order chi connectivity index (χ1) is 13.1. The summed E-state index contributed by atoms with van der Waals surface area (Å²) in [5, 5.41) is 0.683. The number of rotatable bonds is 6. The lowest BCUT2D eigenvalue weighted by Gasteiger charge is -2.31.